The maximum Gasteiger partial charge on any atom is 0.261 e. The molecule has 0 radical (unpaired) electrons. The predicted molar refractivity (Wildman–Crippen MR) is 120 cm³/mol. The quantitative estimate of drug-likeness (QED) is 0.297. The van der Waals surface area contributed by atoms with E-state index < -0.39 is 6.04 Å². The van der Waals surface area contributed by atoms with Crippen molar-refractivity contribution in [2.24, 2.45) is 0 Å². The lowest BCUT2D eigenvalue weighted by Crippen LogP contribution is -2.52. The zero-order chi connectivity index (χ0) is 21.2. The highest BCUT2D eigenvalue weighted by atomic mass is 127. The summed E-state index contributed by atoms with van der Waals surface area (Å²) in [7, 11) is 0. The Morgan fingerprint density at radius 2 is 1.70 bits per heavy atom. The van der Waals surface area contributed by atoms with Crippen LogP contribution in [-0.2, 0) is 9.59 Å². The van der Waals surface area contributed by atoms with Crippen LogP contribution >= 0.6 is 22.9 Å². The van der Waals surface area contributed by atoms with Crippen molar-refractivity contribution in [2.45, 2.75) is 32.7 Å². The van der Waals surface area contributed by atoms with Gasteiger partial charge in [-0.25, -0.2) is 13.1 Å². The number of imide groups is 1. The second kappa shape index (κ2) is 6.83. The number of anilines is 1. The zero-order valence-electron chi connectivity index (χ0n) is 16.3. The van der Waals surface area contributed by atoms with Crippen LogP contribution in [0.2, 0.25) is 0 Å². The topological polar surface area (TPSA) is 83.5 Å². The van der Waals surface area contributed by atoms with Crippen LogP contribution in [0, 0.1) is 13.8 Å². The fourth-order valence-electron chi connectivity index (χ4n) is 4.33. The molecule has 8 heteroatoms. The van der Waals surface area contributed by atoms with Crippen LogP contribution in [-0.4, -0.2) is 36.8 Å². The Kier molecular flexibility index (Phi) is 4.35. The second-order valence-corrected chi connectivity index (χ2v) is 8.54. The molecule has 0 bridgehead atoms. The molecule has 0 N–H and O–H groups in total. The van der Waals surface area contributed by atoms with E-state index in [9.17, 15) is 14.4 Å². The van der Waals surface area contributed by atoms with Crippen LogP contribution in [0.5, 0.6) is 0 Å². The number of carbonyl (C=O) groups is 3. The van der Waals surface area contributed by atoms with E-state index in [2.05, 4.69) is 9.97 Å². The molecule has 1 unspecified atom stereocenters. The molecule has 3 amide bonds. The highest BCUT2D eigenvalue weighted by molar-refractivity contribution is 14.1. The summed E-state index contributed by atoms with van der Waals surface area (Å²) in [5.41, 5.74) is 3.84. The van der Waals surface area contributed by atoms with Gasteiger partial charge in [-0.3, -0.25) is 19.3 Å². The SMILES string of the molecule is Cc1cc(C)nc(-c2ccc3c4c(cccc24)N(C2CCC(=O)N(I)C2=O)C3=O)n1. The first-order chi connectivity index (χ1) is 14.4. The Morgan fingerprint density at radius 1 is 1.00 bits per heavy atom. The minimum atomic E-state index is -0.689. The minimum absolute atomic E-state index is 0.216. The largest absolute Gasteiger partial charge is 0.295 e. The average Bonchev–Trinajstić information content (AvgIpc) is 3.00. The van der Waals surface area contributed by atoms with Gasteiger partial charge < -0.3 is 0 Å². The minimum Gasteiger partial charge on any atom is -0.295 e. The number of benzene rings is 2. The summed E-state index contributed by atoms with van der Waals surface area (Å²) in [6.07, 6.45) is 0.553. The lowest BCUT2D eigenvalue weighted by Gasteiger charge is -2.33. The van der Waals surface area contributed by atoms with E-state index in [0.29, 0.717) is 23.5 Å². The molecule has 0 spiro atoms. The Bertz CT molecular complexity index is 1250. The number of piperidine rings is 1. The van der Waals surface area contributed by atoms with Gasteiger partial charge in [0.1, 0.15) is 6.04 Å². The number of halogens is 1. The van der Waals surface area contributed by atoms with Crippen LogP contribution in [0.3, 0.4) is 0 Å². The lowest BCUT2D eigenvalue weighted by molar-refractivity contribution is -0.140. The first-order valence-corrected chi connectivity index (χ1v) is 10.6. The number of hydrogen-bond donors (Lipinski definition) is 0. The van der Waals surface area contributed by atoms with Gasteiger partial charge in [0.25, 0.3) is 11.8 Å². The van der Waals surface area contributed by atoms with Crippen LogP contribution < -0.4 is 4.90 Å². The third kappa shape index (κ3) is 2.73. The molecule has 1 aromatic heterocycles. The van der Waals surface area contributed by atoms with Crippen LogP contribution in [0.1, 0.15) is 34.6 Å². The second-order valence-electron chi connectivity index (χ2n) is 7.58. The summed E-state index contributed by atoms with van der Waals surface area (Å²) >= 11 is 1.72. The van der Waals surface area contributed by atoms with Gasteiger partial charge in [0, 0.05) is 34.3 Å². The fourth-order valence-corrected chi connectivity index (χ4v) is 4.89. The van der Waals surface area contributed by atoms with Crippen molar-refractivity contribution in [3.8, 4) is 11.4 Å². The Hall–Kier alpha value is -2.88. The number of amides is 3. The molecule has 1 atom stereocenters. The van der Waals surface area contributed by atoms with E-state index in [1.165, 1.54) is 0 Å². The number of aromatic nitrogens is 2. The summed E-state index contributed by atoms with van der Waals surface area (Å²) in [5.74, 6) is -0.192. The summed E-state index contributed by atoms with van der Waals surface area (Å²) < 4.78 is 1.09. The van der Waals surface area contributed by atoms with Crippen molar-refractivity contribution in [1.82, 2.24) is 13.1 Å². The standard InChI is InChI=1S/C22H17IN4O3/c1-11-10-12(2)25-20(24-11)14-6-7-15-19-13(14)4-3-5-16(19)26(21(15)29)17-8-9-18(28)27(23)22(17)30/h3-7,10,17H,8-9H2,1-2H3. The summed E-state index contributed by atoms with van der Waals surface area (Å²) in [6, 6.07) is 10.6. The van der Waals surface area contributed by atoms with Crippen molar-refractivity contribution >= 4 is 57.0 Å². The molecule has 0 saturated carbocycles. The third-order valence-corrected chi connectivity index (χ3v) is 6.60. The molecule has 2 aliphatic heterocycles. The van der Waals surface area contributed by atoms with Gasteiger partial charge in [-0.1, -0.05) is 12.1 Å². The van der Waals surface area contributed by atoms with Crippen LogP contribution in [0.15, 0.2) is 36.4 Å². The molecule has 3 heterocycles. The number of hydrogen-bond acceptors (Lipinski definition) is 5. The van der Waals surface area contributed by atoms with Gasteiger partial charge in [0.15, 0.2) is 5.82 Å². The molecule has 2 aromatic carbocycles. The Labute approximate surface area is 186 Å². The van der Waals surface area contributed by atoms with Gasteiger partial charge in [-0.05, 0) is 49.9 Å². The van der Waals surface area contributed by atoms with E-state index >= 15 is 0 Å². The fraction of sp³-hybridized carbons (Fsp3) is 0.227. The Morgan fingerprint density at radius 3 is 2.43 bits per heavy atom. The van der Waals surface area contributed by atoms with Gasteiger partial charge in [-0.15, -0.1) is 0 Å². The number of aryl methyl sites for hydroxylation is 2. The van der Waals surface area contributed by atoms with Crippen molar-refractivity contribution in [3.63, 3.8) is 0 Å². The van der Waals surface area contributed by atoms with Crippen LogP contribution in [0.25, 0.3) is 22.2 Å². The van der Waals surface area contributed by atoms with E-state index in [4.69, 9.17) is 0 Å². The Balaban J connectivity index is 1.69. The zero-order valence-corrected chi connectivity index (χ0v) is 18.5. The summed E-state index contributed by atoms with van der Waals surface area (Å²) in [5, 5.41) is 1.67. The molecule has 150 valence electrons. The summed E-state index contributed by atoms with van der Waals surface area (Å²) in [4.78, 5) is 48.7. The molecular weight excluding hydrogens is 495 g/mol. The van der Waals surface area contributed by atoms with Gasteiger partial charge in [-0.2, -0.15) is 0 Å². The molecule has 1 fully saturated rings. The van der Waals surface area contributed by atoms with Gasteiger partial charge in [0.2, 0.25) is 5.91 Å². The van der Waals surface area contributed by atoms with Crippen molar-refractivity contribution in [1.29, 1.82) is 0 Å². The molecule has 2 aliphatic rings. The molecule has 1 saturated heterocycles. The van der Waals surface area contributed by atoms with Gasteiger partial charge >= 0.3 is 0 Å². The van der Waals surface area contributed by atoms with E-state index in [0.717, 1.165) is 30.8 Å². The number of nitrogens with zero attached hydrogens (tertiary/aromatic N) is 4. The number of carbonyl (C=O) groups excluding carboxylic acids is 3. The smallest absolute Gasteiger partial charge is 0.261 e. The molecule has 30 heavy (non-hydrogen) atoms. The normalized spacial score (nSPS) is 18.6. The highest BCUT2D eigenvalue weighted by Crippen LogP contribution is 2.43. The maximum absolute atomic E-state index is 13.3. The monoisotopic (exact) mass is 512 g/mol. The first kappa shape index (κ1) is 19.1. The van der Waals surface area contributed by atoms with Crippen molar-refractivity contribution in [2.75, 3.05) is 4.90 Å². The van der Waals surface area contributed by atoms with E-state index in [1.54, 1.807) is 33.8 Å². The number of rotatable bonds is 2. The molecular formula is C22H17IN4O3. The van der Waals surface area contributed by atoms with Gasteiger partial charge in [0.05, 0.1) is 28.6 Å². The maximum atomic E-state index is 13.3. The van der Waals surface area contributed by atoms with E-state index in [-0.39, 0.29) is 24.1 Å². The van der Waals surface area contributed by atoms with Crippen molar-refractivity contribution in [3.05, 3.63) is 53.3 Å². The third-order valence-electron chi connectivity index (χ3n) is 5.59. The average molecular weight is 512 g/mol. The van der Waals surface area contributed by atoms with Crippen LogP contribution in [0.4, 0.5) is 5.69 Å². The summed E-state index contributed by atoms with van der Waals surface area (Å²) in [6.45, 7) is 3.85. The molecule has 0 aliphatic carbocycles. The molecule has 3 aromatic rings. The van der Waals surface area contributed by atoms with Crippen molar-refractivity contribution < 1.29 is 14.4 Å². The lowest BCUT2D eigenvalue weighted by atomic mass is 9.99. The highest BCUT2D eigenvalue weighted by Gasteiger charge is 2.43. The predicted octanol–water partition coefficient (Wildman–Crippen LogP) is 3.74. The molecule has 5 rings (SSSR count). The molecule has 7 nitrogen and oxygen atoms in total. The first-order valence-electron chi connectivity index (χ1n) is 9.61. The van der Waals surface area contributed by atoms with E-state index in [1.807, 2.05) is 44.2 Å².